The fourth-order valence-electron chi connectivity index (χ4n) is 5.11. The summed E-state index contributed by atoms with van der Waals surface area (Å²) in [6.45, 7) is 8.20. The molecule has 1 aliphatic rings. The Morgan fingerprint density at radius 2 is 1.40 bits per heavy atom. The van der Waals surface area contributed by atoms with Crippen molar-refractivity contribution in [1.82, 2.24) is 47.9 Å². The molecular weight excluding hydrogens is 702 g/mol. The second-order valence-corrected chi connectivity index (χ2v) is 13.0. The van der Waals surface area contributed by atoms with E-state index in [1.165, 1.54) is 0 Å². The van der Waals surface area contributed by atoms with Gasteiger partial charge in [0.05, 0.1) is 6.42 Å². The zero-order chi connectivity index (χ0) is 40.4. The number of amides is 10. The number of hydrazine groups is 2. The molecule has 53 heavy (non-hydrogen) atoms. The number of guanidine groups is 1. The van der Waals surface area contributed by atoms with Crippen molar-refractivity contribution in [3.05, 3.63) is 0 Å². The van der Waals surface area contributed by atoms with Gasteiger partial charge in [-0.3, -0.25) is 44.0 Å². The Hall–Kier alpha value is -5.90. The minimum absolute atomic E-state index is 0.0104. The van der Waals surface area contributed by atoms with Crippen LogP contribution in [0.1, 0.15) is 73.1 Å². The molecular formula is C30H53N13O10. The highest BCUT2D eigenvalue weighted by atomic mass is 16.4. The predicted molar refractivity (Wildman–Crippen MR) is 187 cm³/mol. The van der Waals surface area contributed by atoms with Crippen molar-refractivity contribution in [3.63, 3.8) is 0 Å². The Bertz CT molecular complexity index is 1390. The third-order valence-corrected chi connectivity index (χ3v) is 7.66. The Morgan fingerprint density at radius 1 is 0.792 bits per heavy atom. The van der Waals surface area contributed by atoms with Crippen LogP contribution in [-0.2, 0) is 33.6 Å². The highest BCUT2D eigenvalue weighted by Crippen LogP contribution is 2.18. The van der Waals surface area contributed by atoms with Gasteiger partial charge in [0.15, 0.2) is 5.96 Å². The summed E-state index contributed by atoms with van der Waals surface area (Å²) in [7, 11) is 0. The molecule has 0 aromatic carbocycles. The number of carbonyl (C=O) groups is 9. The number of nitrogens with two attached hydrogens (primary N) is 3. The predicted octanol–water partition coefficient (Wildman–Crippen LogP) is -3.92. The summed E-state index contributed by atoms with van der Waals surface area (Å²) in [6, 6.07) is -8.20. The average molecular weight is 756 g/mol. The van der Waals surface area contributed by atoms with Crippen LogP contribution in [0.5, 0.6) is 0 Å². The first-order valence-electron chi connectivity index (χ1n) is 16.9. The summed E-state index contributed by atoms with van der Waals surface area (Å²) in [4.78, 5) is 118. The summed E-state index contributed by atoms with van der Waals surface area (Å²) in [5, 5.41) is 19.3. The minimum Gasteiger partial charge on any atom is -0.481 e. The zero-order valence-electron chi connectivity index (χ0n) is 30.4. The lowest BCUT2D eigenvalue weighted by molar-refractivity contribution is -0.141. The first kappa shape index (κ1) is 45.1. The molecule has 0 unspecified atom stereocenters. The van der Waals surface area contributed by atoms with Crippen LogP contribution in [-0.4, -0.2) is 113 Å². The monoisotopic (exact) mass is 755 g/mol. The van der Waals surface area contributed by atoms with Gasteiger partial charge in [0.2, 0.25) is 35.4 Å². The Kier molecular flexibility index (Phi) is 18.8. The SMILES string of the molecule is CC(=O)NNC(=O)NNC(=O)N1CCC[C@H]1C(=O)N[C@@H](CC(C)C)C(=O)N[C@H](C(=O)N[C@@H](CC(=O)O)C(=O)N[C@@H](CCCN=C(N)N)C(N)=O)C(C)C. The summed E-state index contributed by atoms with van der Waals surface area (Å²) < 4.78 is 0. The number of carbonyl (C=O) groups excluding carboxylic acids is 8. The van der Waals surface area contributed by atoms with E-state index in [-0.39, 0.29) is 50.7 Å². The molecule has 1 aliphatic heterocycles. The number of nitrogens with one attached hydrogen (secondary N) is 8. The van der Waals surface area contributed by atoms with E-state index in [2.05, 4.69) is 31.7 Å². The van der Waals surface area contributed by atoms with Crippen molar-refractivity contribution in [2.75, 3.05) is 13.1 Å². The normalized spacial score (nSPS) is 15.8. The summed E-state index contributed by atoms with van der Waals surface area (Å²) in [5.41, 5.74) is 24.1. The standard InChI is InChI=1S/C30H53N13O10/c1-14(2)12-18(36-26(50)20-9-7-11-43(20)30(53)42-41-29(52)40-39-16(5)44)25(49)38-22(15(3)4)27(51)37-19(13-21(45)46)24(48)35-17(23(31)47)8-6-10-34-28(32)33/h14-15,17-20,22H,6-13H2,1-5H3,(H2,31,47)(H,35,48)(H,36,50)(H,37,51)(H,38,49)(H,39,44)(H,42,53)(H,45,46)(H4,32,33,34)(H2,40,41,52)/t17-,18-,19-,20-,22-/m0/s1. The van der Waals surface area contributed by atoms with Gasteiger partial charge in [0.1, 0.15) is 30.2 Å². The fraction of sp³-hybridized carbons (Fsp3) is 0.667. The quantitative estimate of drug-likeness (QED) is 0.0276. The average Bonchev–Trinajstić information content (AvgIpc) is 3.55. The van der Waals surface area contributed by atoms with Gasteiger partial charge in [-0.15, -0.1) is 0 Å². The van der Waals surface area contributed by atoms with Crippen LogP contribution in [0.4, 0.5) is 9.59 Å². The van der Waals surface area contributed by atoms with Crippen molar-refractivity contribution >= 4 is 59.4 Å². The number of carboxylic acids is 1. The number of aliphatic imine (C=N–C) groups is 1. The van der Waals surface area contributed by atoms with Crippen molar-refractivity contribution in [2.24, 2.45) is 34.0 Å². The zero-order valence-corrected chi connectivity index (χ0v) is 30.4. The van der Waals surface area contributed by atoms with Gasteiger partial charge in [-0.25, -0.2) is 25.9 Å². The molecule has 1 rings (SSSR count). The Morgan fingerprint density at radius 3 is 1.94 bits per heavy atom. The molecule has 5 atom stereocenters. The number of carboxylic acid groups (broad SMARTS) is 1. The van der Waals surface area contributed by atoms with E-state index in [1.54, 1.807) is 27.7 Å². The molecule has 1 heterocycles. The van der Waals surface area contributed by atoms with Gasteiger partial charge in [0, 0.05) is 20.0 Å². The Balaban J connectivity index is 3.06. The van der Waals surface area contributed by atoms with Crippen LogP contribution in [0.3, 0.4) is 0 Å². The highest BCUT2D eigenvalue weighted by molar-refractivity contribution is 5.97. The number of hydrogen-bond donors (Lipinski definition) is 12. The molecule has 0 radical (unpaired) electrons. The summed E-state index contributed by atoms with van der Waals surface area (Å²) in [5.74, 6) is -7.20. The van der Waals surface area contributed by atoms with E-state index in [0.29, 0.717) is 6.42 Å². The third kappa shape index (κ3) is 16.8. The maximum Gasteiger partial charge on any atom is 0.352 e. The van der Waals surface area contributed by atoms with E-state index < -0.39 is 96.0 Å². The van der Waals surface area contributed by atoms with Crippen LogP contribution < -0.4 is 60.2 Å². The van der Waals surface area contributed by atoms with E-state index >= 15 is 0 Å². The second kappa shape index (κ2) is 22.1. The maximum atomic E-state index is 13.6. The fourth-order valence-corrected chi connectivity index (χ4v) is 5.11. The van der Waals surface area contributed by atoms with Gasteiger partial charge in [-0.05, 0) is 43.9 Å². The molecule has 298 valence electrons. The van der Waals surface area contributed by atoms with Gasteiger partial charge in [-0.1, -0.05) is 27.7 Å². The molecule has 0 aliphatic carbocycles. The molecule has 0 spiro atoms. The van der Waals surface area contributed by atoms with Crippen molar-refractivity contribution in [3.8, 4) is 0 Å². The second-order valence-electron chi connectivity index (χ2n) is 13.0. The lowest BCUT2D eigenvalue weighted by Gasteiger charge is -2.29. The number of nitrogens with zero attached hydrogens (tertiary/aromatic N) is 2. The molecule has 0 aromatic heterocycles. The summed E-state index contributed by atoms with van der Waals surface area (Å²) >= 11 is 0. The number of aliphatic carboxylic acids is 1. The highest BCUT2D eigenvalue weighted by Gasteiger charge is 2.38. The van der Waals surface area contributed by atoms with Crippen molar-refractivity contribution < 1.29 is 48.3 Å². The van der Waals surface area contributed by atoms with Crippen molar-refractivity contribution in [1.29, 1.82) is 0 Å². The molecule has 0 saturated carbocycles. The minimum atomic E-state index is -1.67. The van der Waals surface area contributed by atoms with Crippen LogP contribution in [0.15, 0.2) is 4.99 Å². The molecule has 23 nitrogen and oxygen atoms in total. The van der Waals surface area contributed by atoms with E-state index in [1.807, 2.05) is 16.3 Å². The van der Waals surface area contributed by atoms with Gasteiger partial charge in [-0.2, -0.15) is 0 Å². The topological polar surface area (TPSA) is 364 Å². The van der Waals surface area contributed by atoms with E-state index in [0.717, 1.165) is 11.8 Å². The molecule has 1 saturated heterocycles. The lowest BCUT2D eigenvalue weighted by Crippen LogP contribution is -2.61. The summed E-state index contributed by atoms with van der Waals surface area (Å²) in [6.07, 6.45) is 0.170. The molecule has 15 N–H and O–H groups in total. The van der Waals surface area contributed by atoms with Crippen LogP contribution in [0, 0.1) is 11.8 Å². The molecule has 1 fully saturated rings. The smallest absolute Gasteiger partial charge is 0.352 e. The molecule has 0 aromatic rings. The van der Waals surface area contributed by atoms with Gasteiger partial charge in [0.25, 0.3) is 0 Å². The van der Waals surface area contributed by atoms with Gasteiger partial charge < -0.3 is 48.5 Å². The number of rotatable bonds is 18. The first-order chi connectivity index (χ1) is 24.7. The number of hydrogen-bond acceptors (Lipinski definition) is 10. The third-order valence-electron chi connectivity index (χ3n) is 7.66. The van der Waals surface area contributed by atoms with Crippen LogP contribution >= 0.6 is 0 Å². The van der Waals surface area contributed by atoms with Gasteiger partial charge >= 0.3 is 18.0 Å². The number of primary amides is 1. The van der Waals surface area contributed by atoms with E-state index in [4.69, 9.17) is 17.2 Å². The first-order valence-corrected chi connectivity index (χ1v) is 16.9. The van der Waals surface area contributed by atoms with E-state index in [9.17, 15) is 48.3 Å². The van der Waals surface area contributed by atoms with Crippen LogP contribution in [0.25, 0.3) is 0 Å². The maximum absolute atomic E-state index is 13.6. The molecule has 0 bridgehead atoms. The molecule has 10 amide bonds. The lowest BCUT2D eigenvalue weighted by atomic mass is 9.99. The molecule has 23 heteroatoms. The number of likely N-dealkylation sites (tertiary alicyclic amines) is 1. The number of urea groups is 2. The Labute approximate surface area is 306 Å². The van der Waals surface area contributed by atoms with Crippen molar-refractivity contribution in [2.45, 2.75) is 103 Å². The largest absolute Gasteiger partial charge is 0.481 e. The van der Waals surface area contributed by atoms with Crippen LogP contribution in [0.2, 0.25) is 0 Å².